The third-order valence-electron chi connectivity index (χ3n) is 5.16. The average molecular weight is 447 g/mol. The number of rotatable bonds is 4. The van der Waals surface area contributed by atoms with E-state index in [1.165, 1.54) is 0 Å². The summed E-state index contributed by atoms with van der Waals surface area (Å²) < 4.78 is 38.9. The van der Waals surface area contributed by atoms with Gasteiger partial charge in [0.1, 0.15) is 6.04 Å². The minimum atomic E-state index is -5.15. The van der Waals surface area contributed by atoms with E-state index >= 15 is 0 Å². The van der Waals surface area contributed by atoms with Crippen molar-refractivity contribution in [3.05, 3.63) is 54.6 Å². The molecule has 6 nitrogen and oxygen atoms in total. The molecule has 2 aromatic carbocycles. The molecule has 3 rings (SSSR count). The molecule has 32 heavy (non-hydrogen) atoms. The number of para-hydroxylation sites is 3. The fourth-order valence-corrected chi connectivity index (χ4v) is 3.33. The number of hydrogen-bond donors (Lipinski definition) is 1. The van der Waals surface area contributed by atoms with Gasteiger partial charge in [-0.05, 0) is 24.3 Å². The van der Waals surface area contributed by atoms with Crippen LogP contribution in [0.15, 0.2) is 54.6 Å². The largest absolute Gasteiger partial charge is 0.471 e. The lowest BCUT2D eigenvalue weighted by atomic mass is 9.90. The summed E-state index contributed by atoms with van der Waals surface area (Å²) >= 11 is 0. The third kappa shape index (κ3) is 4.92. The van der Waals surface area contributed by atoms with E-state index in [4.69, 9.17) is 0 Å². The highest BCUT2D eigenvalue weighted by Gasteiger charge is 2.44. The molecule has 170 valence electrons. The summed E-state index contributed by atoms with van der Waals surface area (Å²) in [6.07, 6.45) is -5.15. The topological polar surface area (TPSA) is 69.7 Å². The second kappa shape index (κ2) is 8.64. The number of anilines is 3. The summed E-state index contributed by atoms with van der Waals surface area (Å²) in [6, 6.07) is 14.0. The van der Waals surface area contributed by atoms with E-state index < -0.39 is 29.4 Å². The van der Waals surface area contributed by atoms with Gasteiger partial charge in [0, 0.05) is 11.1 Å². The van der Waals surface area contributed by atoms with Crippen molar-refractivity contribution in [2.24, 2.45) is 5.41 Å². The number of carbonyl (C=O) groups is 3. The Morgan fingerprint density at radius 3 is 2.09 bits per heavy atom. The van der Waals surface area contributed by atoms with Crippen molar-refractivity contribution in [3.8, 4) is 0 Å². The van der Waals surface area contributed by atoms with Crippen molar-refractivity contribution in [1.82, 2.24) is 5.32 Å². The maximum atomic E-state index is 13.4. The summed E-state index contributed by atoms with van der Waals surface area (Å²) in [4.78, 5) is 40.7. The number of benzene rings is 2. The van der Waals surface area contributed by atoms with Gasteiger partial charge in [-0.2, -0.15) is 13.2 Å². The molecular formula is C23H24F3N3O3. The molecule has 0 saturated heterocycles. The lowest BCUT2D eigenvalue weighted by Gasteiger charge is -2.28. The van der Waals surface area contributed by atoms with Crippen LogP contribution in [0.1, 0.15) is 20.8 Å². The van der Waals surface area contributed by atoms with Crippen molar-refractivity contribution in [2.75, 3.05) is 22.9 Å². The highest BCUT2D eigenvalue weighted by Crippen LogP contribution is 2.37. The van der Waals surface area contributed by atoms with Crippen LogP contribution in [-0.4, -0.2) is 42.9 Å². The van der Waals surface area contributed by atoms with Crippen LogP contribution < -0.4 is 15.1 Å². The predicted octanol–water partition coefficient (Wildman–Crippen LogP) is 3.83. The van der Waals surface area contributed by atoms with E-state index in [2.05, 4.69) is 0 Å². The highest BCUT2D eigenvalue weighted by atomic mass is 19.4. The number of amides is 2. The minimum absolute atomic E-state index is 0.234. The van der Waals surface area contributed by atoms with Crippen LogP contribution in [0.25, 0.3) is 0 Å². The van der Waals surface area contributed by atoms with Gasteiger partial charge in [-0.25, -0.2) is 0 Å². The fraction of sp³-hybridized carbons (Fsp3) is 0.348. The number of halogens is 3. The first-order valence-electron chi connectivity index (χ1n) is 10.0. The van der Waals surface area contributed by atoms with Gasteiger partial charge < -0.3 is 15.1 Å². The molecule has 0 aromatic heterocycles. The molecule has 1 heterocycles. The monoisotopic (exact) mass is 447 g/mol. The third-order valence-corrected chi connectivity index (χ3v) is 5.16. The number of fused-ring (bicyclic) bond motifs is 1. The number of alkyl halides is 3. The van der Waals surface area contributed by atoms with Gasteiger partial charge in [0.05, 0.1) is 24.5 Å². The van der Waals surface area contributed by atoms with Crippen LogP contribution in [0.5, 0.6) is 0 Å². The van der Waals surface area contributed by atoms with Crippen LogP contribution in [0.4, 0.5) is 30.2 Å². The summed E-state index contributed by atoms with van der Waals surface area (Å²) in [5.41, 5.74) is 0.772. The fourth-order valence-electron chi connectivity index (χ4n) is 3.33. The smallest absolute Gasteiger partial charge is 0.337 e. The van der Waals surface area contributed by atoms with E-state index in [-0.39, 0.29) is 18.9 Å². The molecule has 0 saturated carbocycles. The Hall–Kier alpha value is -3.36. The first-order chi connectivity index (χ1) is 14.9. The molecule has 2 aromatic rings. The van der Waals surface area contributed by atoms with Crippen LogP contribution >= 0.6 is 0 Å². The molecule has 0 spiro atoms. The van der Waals surface area contributed by atoms with Gasteiger partial charge in [-0.1, -0.05) is 51.1 Å². The van der Waals surface area contributed by atoms with Crippen LogP contribution in [0, 0.1) is 5.41 Å². The number of nitrogens with one attached hydrogen (secondary N) is 1. The van der Waals surface area contributed by atoms with Gasteiger partial charge in [0.2, 0.25) is 0 Å². The zero-order valence-electron chi connectivity index (χ0n) is 17.9. The van der Waals surface area contributed by atoms with Crippen molar-refractivity contribution >= 4 is 34.7 Å². The quantitative estimate of drug-likeness (QED) is 0.774. The van der Waals surface area contributed by atoms with Crippen molar-refractivity contribution in [1.29, 1.82) is 0 Å². The summed E-state index contributed by atoms with van der Waals surface area (Å²) in [7, 11) is 0. The van der Waals surface area contributed by atoms with E-state index in [9.17, 15) is 27.6 Å². The predicted molar refractivity (Wildman–Crippen MR) is 115 cm³/mol. The zero-order chi connectivity index (χ0) is 23.7. The first kappa shape index (κ1) is 23.3. The van der Waals surface area contributed by atoms with E-state index in [1.807, 2.05) is 5.32 Å². The molecule has 9 heteroatoms. The van der Waals surface area contributed by atoms with Gasteiger partial charge >= 0.3 is 12.1 Å². The summed E-state index contributed by atoms with van der Waals surface area (Å²) in [5, 5.41) is 1.82. The molecule has 0 fully saturated rings. The van der Waals surface area contributed by atoms with E-state index in [0.29, 0.717) is 17.1 Å². The van der Waals surface area contributed by atoms with Gasteiger partial charge in [0.15, 0.2) is 5.78 Å². The number of hydrogen-bond acceptors (Lipinski definition) is 4. The molecule has 1 aliphatic heterocycles. The lowest BCUT2D eigenvalue weighted by Crippen LogP contribution is -2.55. The molecule has 1 unspecified atom stereocenters. The molecular weight excluding hydrogens is 423 g/mol. The summed E-state index contributed by atoms with van der Waals surface area (Å²) in [5.74, 6) is -3.27. The van der Waals surface area contributed by atoms with Crippen molar-refractivity contribution < 1.29 is 27.6 Å². The average Bonchev–Trinajstić information content (AvgIpc) is 2.83. The molecule has 1 N–H and O–H groups in total. The second-order valence-corrected chi connectivity index (χ2v) is 8.56. The number of Topliss-reactive ketones (excluding diaryl/α,β-unsaturated/α-hetero) is 1. The SMILES string of the molecule is CC(C)(C)C(=O)CN1C(=O)C(NC(=O)C(F)(F)F)CN(c2ccccc2)c2ccccc21. The standard InChI is InChI=1S/C23H24F3N3O3/c1-22(2,3)19(30)14-29-18-12-8-7-11-17(18)28(15-9-5-4-6-10-15)13-16(20(29)31)27-21(32)23(24,25)26/h4-12,16H,13-14H2,1-3H3,(H,27,32). The van der Waals surface area contributed by atoms with Crippen molar-refractivity contribution in [3.63, 3.8) is 0 Å². The van der Waals surface area contributed by atoms with Gasteiger partial charge in [-0.15, -0.1) is 0 Å². The highest BCUT2D eigenvalue weighted by molar-refractivity contribution is 6.08. The first-order valence-corrected chi connectivity index (χ1v) is 10.0. The Kier molecular flexibility index (Phi) is 6.29. The molecule has 1 atom stereocenters. The van der Waals surface area contributed by atoms with Crippen LogP contribution in [-0.2, 0) is 14.4 Å². The Labute approximate surface area is 184 Å². The molecule has 0 radical (unpaired) electrons. The molecule has 0 aliphatic carbocycles. The lowest BCUT2D eigenvalue weighted by molar-refractivity contribution is -0.174. The molecule has 1 aliphatic rings. The number of ketones is 1. The second-order valence-electron chi connectivity index (χ2n) is 8.56. The molecule has 2 amide bonds. The number of nitrogens with zero attached hydrogens (tertiary/aromatic N) is 2. The van der Waals surface area contributed by atoms with Gasteiger partial charge in [0.25, 0.3) is 5.91 Å². The Morgan fingerprint density at radius 1 is 0.969 bits per heavy atom. The Morgan fingerprint density at radius 2 is 1.53 bits per heavy atom. The van der Waals surface area contributed by atoms with E-state index in [0.717, 1.165) is 4.90 Å². The summed E-state index contributed by atoms with van der Waals surface area (Å²) in [6.45, 7) is 4.52. The Balaban J connectivity index is 2.11. The normalized spacial score (nSPS) is 16.9. The maximum absolute atomic E-state index is 13.4. The molecule has 0 bridgehead atoms. The minimum Gasteiger partial charge on any atom is -0.337 e. The Bertz CT molecular complexity index is 1020. The van der Waals surface area contributed by atoms with Gasteiger partial charge in [-0.3, -0.25) is 14.4 Å². The number of carbonyl (C=O) groups excluding carboxylic acids is 3. The maximum Gasteiger partial charge on any atom is 0.471 e. The van der Waals surface area contributed by atoms with Crippen LogP contribution in [0.3, 0.4) is 0 Å². The zero-order valence-corrected chi connectivity index (χ0v) is 17.9. The van der Waals surface area contributed by atoms with Crippen molar-refractivity contribution in [2.45, 2.75) is 33.0 Å². The van der Waals surface area contributed by atoms with Crippen LogP contribution in [0.2, 0.25) is 0 Å². The van der Waals surface area contributed by atoms with E-state index in [1.54, 1.807) is 80.3 Å².